The van der Waals surface area contributed by atoms with E-state index in [4.69, 9.17) is 5.14 Å². The number of sulfonamides is 1. The SMILES string of the molecule is Cc1nnc(C2NCc3cc(S(N)(=O)=O)ccc32)s1. The molecule has 1 aliphatic heterocycles. The number of hydrogen-bond acceptors (Lipinski definition) is 6. The summed E-state index contributed by atoms with van der Waals surface area (Å²) < 4.78 is 22.6. The van der Waals surface area contributed by atoms with Crippen LogP contribution in [0.25, 0.3) is 0 Å². The molecule has 1 aromatic carbocycles. The summed E-state index contributed by atoms with van der Waals surface area (Å²) in [6.45, 7) is 2.50. The summed E-state index contributed by atoms with van der Waals surface area (Å²) in [6, 6.07) is 4.92. The fraction of sp³-hybridized carbons (Fsp3) is 0.273. The Balaban J connectivity index is 2.03. The van der Waals surface area contributed by atoms with Gasteiger partial charge in [-0.2, -0.15) is 0 Å². The van der Waals surface area contributed by atoms with Gasteiger partial charge in [-0.1, -0.05) is 17.4 Å². The largest absolute Gasteiger partial charge is 0.300 e. The Bertz CT molecular complexity index is 739. The van der Waals surface area contributed by atoms with Gasteiger partial charge in [0.05, 0.1) is 10.9 Å². The Hall–Kier alpha value is -1.35. The molecule has 0 amide bonds. The van der Waals surface area contributed by atoms with Crippen LogP contribution in [0.3, 0.4) is 0 Å². The summed E-state index contributed by atoms with van der Waals surface area (Å²) in [5.41, 5.74) is 1.97. The van der Waals surface area contributed by atoms with Crippen LogP contribution in [0.5, 0.6) is 0 Å². The predicted octanol–water partition coefficient (Wildman–Crippen LogP) is 0.687. The Morgan fingerprint density at radius 3 is 2.84 bits per heavy atom. The van der Waals surface area contributed by atoms with Gasteiger partial charge in [-0.05, 0) is 30.2 Å². The molecule has 3 rings (SSSR count). The second-order valence-corrected chi connectivity index (χ2v) is 7.15. The normalized spacial score (nSPS) is 18.5. The van der Waals surface area contributed by atoms with Gasteiger partial charge in [-0.3, -0.25) is 0 Å². The van der Waals surface area contributed by atoms with Crippen LogP contribution in [-0.4, -0.2) is 18.6 Å². The van der Waals surface area contributed by atoms with Crippen molar-refractivity contribution in [2.24, 2.45) is 5.14 Å². The van der Waals surface area contributed by atoms with Crippen molar-refractivity contribution < 1.29 is 8.42 Å². The van der Waals surface area contributed by atoms with E-state index in [1.54, 1.807) is 12.1 Å². The maximum Gasteiger partial charge on any atom is 0.238 e. The molecule has 0 aliphatic carbocycles. The molecular formula is C11H12N4O2S2. The van der Waals surface area contributed by atoms with Gasteiger partial charge in [-0.25, -0.2) is 13.6 Å². The Kier molecular flexibility index (Phi) is 2.90. The predicted molar refractivity (Wildman–Crippen MR) is 71.1 cm³/mol. The van der Waals surface area contributed by atoms with Crippen LogP contribution >= 0.6 is 11.3 Å². The molecule has 0 radical (unpaired) electrons. The van der Waals surface area contributed by atoms with Crippen LogP contribution in [0.2, 0.25) is 0 Å². The number of nitrogens with one attached hydrogen (secondary N) is 1. The van der Waals surface area contributed by atoms with E-state index in [2.05, 4.69) is 15.5 Å². The number of nitrogens with two attached hydrogens (primary N) is 1. The molecule has 1 aromatic heterocycles. The number of aryl methyl sites for hydroxylation is 1. The molecule has 19 heavy (non-hydrogen) atoms. The number of nitrogens with zero attached hydrogens (tertiary/aromatic N) is 2. The molecule has 1 atom stereocenters. The first-order valence-electron chi connectivity index (χ1n) is 5.64. The van der Waals surface area contributed by atoms with E-state index in [1.807, 2.05) is 6.92 Å². The molecule has 0 saturated heterocycles. The van der Waals surface area contributed by atoms with Gasteiger partial charge < -0.3 is 5.32 Å². The minimum atomic E-state index is -3.66. The van der Waals surface area contributed by atoms with Gasteiger partial charge in [0.25, 0.3) is 0 Å². The van der Waals surface area contributed by atoms with E-state index in [0.717, 1.165) is 21.1 Å². The van der Waals surface area contributed by atoms with Crippen molar-refractivity contribution in [2.45, 2.75) is 24.4 Å². The zero-order valence-corrected chi connectivity index (χ0v) is 11.8. The molecule has 6 nitrogen and oxygen atoms in total. The molecule has 2 aromatic rings. The lowest BCUT2D eigenvalue weighted by Crippen LogP contribution is -2.13. The summed E-state index contributed by atoms with van der Waals surface area (Å²) in [7, 11) is -3.66. The molecule has 0 saturated carbocycles. The summed E-state index contributed by atoms with van der Waals surface area (Å²) in [6.07, 6.45) is 0. The first-order valence-corrected chi connectivity index (χ1v) is 8.00. The van der Waals surface area contributed by atoms with E-state index in [-0.39, 0.29) is 10.9 Å². The van der Waals surface area contributed by atoms with Crippen molar-refractivity contribution in [3.05, 3.63) is 39.3 Å². The summed E-state index contributed by atoms with van der Waals surface area (Å²) in [5, 5.41) is 18.4. The van der Waals surface area contributed by atoms with Crippen LogP contribution < -0.4 is 10.5 Å². The maximum atomic E-state index is 11.3. The highest BCUT2D eigenvalue weighted by Crippen LogP contribution is 2.33. The van der Waals surface area contributed by atoms with E-state index in [1.165, 1.54) is 17.4 Å². The van der Waals surface area contributed by atoms with Gasteiger partial charge in [-0.15, -0.1) is 10.2 Å². The van der Waals surface area contributed by atoms with Gasteiger partial charge in [0, 0.05) is 6.54 Å². The molecule has 8 heteroatoms. The van der Waals surface area contributed by atoms with Crippen LogP contribution in [0.1, 0.15) is 27.2 Å². The van der Waals surface area contributed by atoms with Gasteiger partial charge in [0.1, 0.15) is 10.0 Å². The zero-order chi connectivity index (χ0) is 13.6. The standard InChI is InChI=1S/C11H12N4O2S2/c1-6-14-15-11(18-6)10-9-3-2-8(19(12,16)17)4-7(9)5-13-10/h2-4,10,13H,5H2,1H3,(H2,12,16,17). The number of fused-ring (bicyclic) bond motifs is 1. The van der Waals surface area contributed by atoms with Crippen LogP contribution in [-0.2, 0) is 16.6 Å². The molecule has 0 fully saturated rings. The fourth-order valence-electron chi connectivity index (χ4n) is 2.16. The zero-order valence-electron chi connectivity index (χ0n) is 10.1. The molecule has 0 spiro atoms. The maximum absolute atomic E-state index is 11.3. The van der Waals surface area contributed by atoms with Gasteiger partial charge in [0.2, 0.25) is 10.0 Å². The molecule has 1 aliphatic rings. The Labute approximate surface area is 114 Å². The highest BCUT2D eigenvalue weighted by atomic mass is 32.2. The summed E-state index contributed by atoms with van der Waals surface area (Å²) in [5.74, 6) is 0. The number of benzene rings is 1. The molecule has 0 bridgehead atoms. The monoisotopic (exact) mass is 296 g/mol. The quantitative estimate of drug-likeness (QED) is 0.849. The molecule has 2 heterocycles. The first-order chi connectivity index (χ1) is 8.95. The topological polar surface area (TPSA) is 98.0 Å². The van der Waals surface area contributed by atoms with Crippen molar-refractivity contribution in [1.29, 1.82) is 0 Å². The Morgan fingerprint density at radius 1 is 1.42 bits per heavy atom. The third kappa shape index (κ3) is 2.27. The average molecular weight is 296 g/mol. The van der Waals surface area contributed by atoms with Gasteiger partial charge >= 0.3 is 0 Å². The van der Waals surface area contributed by atoms with E-state index >= 15 is 0 Å². The molecule has 3 N–H and O–H groups in total. The van der Waals surface area contributed by atoms with E-state index in [0.29, 0.717) is 6.54 Å². The lowest BCUT2D eigenvalue weighted by Gasteiger charge is -2.08. The second-order valence-electron chi connectivity index (χ2n) is 4.38. The van der Waals surface area contributed by atoms with Crippen molar-refractivity contribution in [2.75, 3.05) is 0 Å². The van der Waals surface area contributed by atoms with Crippen molar-refractivity contribution in [1.82, 2.24) is 15.5 Å². The van der Waals surface area contributed by atoms with Crippen molar-refractivity contribution in [3.63, 3.8) is 0 Å². The lowest BCUT2D eigenvalue weighted by atomic mass is 10.1. The lowest BCUT2D eigenvalue weighted by molar-refractivity contribution is 0.597. The van der Waals surface area contributed by atoms with Crippen molar-refractivity contribution in [3.8, 4) is 0 Å². The third-order valence-electron chi connectivity index (χ3n) is 3.04. The highest BCUT2D eigenvalue weighted by molar-refractivity contribution is 7.89. The van der Waals surface area contributed by atoms with Crippen molar-refractivity contribution >= 4 is 21.4 Å². The summed E-state index contributed by atoms with van der Waals surface area (Å²) >= 11 is 1.53. The first kappa shape index (κ1) is 12.7. The highest BCUT2D eigenvalue weighted by Gasteiger charge is 2.27. The third-order valence-corrected chi connectivity index (χ3v) is 4.85. The van der Waals surface area contributed by atoms with Crippen LogP contribution in [0.4, 0.5) is 0 Å². The number of hydrogen-bond donors (Lipinski definition) is 2. The molecule has 1 unspecified atom stereocenters. The minimum absolute atomic E-state index is 0.0178. The molecular weight excluding hydrogens is 284 g/mol. The fourth-order valence-corrected chi connectivity index (χ4v) is 3.52. The smallest absolute Gasteiger partial charge is 0.238 e. The van der Waals surface area contributed by atoms with E-state index in [9.17, 15) is 8.42 Å². The number of primary sulfonamides is 1. The average Bonchev–Trinajstić information content (AvgIpc) is 2.92. The van der Waals surface area contributed by atoms with E-state index < -0.39 is 10.0 Å². The van der Waals surface area contributed by atoms with Gasteiger partial charge in [0.15, 0.2) is 0 Å². The minimum Gasteiger partial charge on any atom is -0.300 e. The number of aromatic nitrogens is 2. The van der Waals surface area contributed by atoms with Crippen LogP contribution in [0.15, 0.2) is 23.1 Å². The number of rotatable bonds is 2. The second kappa shape index (κ2) is 4.34. The molecule has 100 valence electrons. The van der Waals surface area contributed by atoms with Crippen LogP contribution in [0, 0.1) is 6.92 Å². The Morgan fingerprint density at radius 2 is 2.21 bits per heavy atom. The summed E-state index contributed by atoms with van der Waals surface area (Å²) in [4.78, 5) is 0.141.